The second-order valence-corrected chi connectivity index (χ2v) is 6.20. The van der Waals surface area contributed by atoms with E-state index in [1.165, 1.54) is 20.4 Å². The number of nitrogens with zero attached hydrogens (tertiary/aromatic N) is 4. The summed E-state index contributed by atoms with van der Waals surface area (Å²) in [5.74, 6) is 1.33. The van der Waals surface area contributed by atoms with Gasteiger partial charge in [-0.25, -0.2) is 9.78 Å². The molecule has 3 aromatic rings. The van der Waals surface area contributed by atoms with Gasteiger partial charge in [-0.05, 0) is 18.2 Å². The third-order valence-electron chi connectivity index (χ3n) is 3.65. The fourth-order valence-corrected chi connectivity index (χ4v) is 3.17. The van der Waals surface area contributed by atoms with Crippen LogP contribution in [0, 0.1) is 11.3 Å². The van der Waals surface area contributed by atoms with Crippen LogP contribution in [0.2, 0.25) is 0 Å². The highest BCUT2D eigenvalue weighted by Gasteiger charge is 2.17. The Morgan fingerprint density at radius 3 is 2.92 bits per heavy atom. The molecule has 2 heterocycles. The summed E-state index contributed by atoms with van der Waals surface area (Å²) in [4.78, 5) is 18.8. The largest absolute Gasteiger partial charge is 0.497 e. The van der Waals surface area contributed by atoms with Crippen LogP contribution in [0.1, 0.15) is 17.2 Å². The Bertz CT molecular complexity index is 1040. The third-order valence-corrected chi connectivity index (χ3v) is 4.60. The summed E-state index contributed by atoms with van der Waals surface area (Å²) in [6.45, 7) is 0. The molecule has 1 unspecified atom stereocenters. The lowest BCUT2D eigenvalue weighted by Gasteiger charge is -2.15. The van der Waals surface area contributed by atoms with Crippen LogP contribution in [-0.2, 0) is 0 Å². The molecule has 26 heavy (non-hydrogen) atoms. The van der Waals surface area contributed by atoms with Gasteiger partial charge in [0.1, 0.15) is 23.1 Å². The van der Waals surface area contributed by atoms with Gasteiger partial charge in [0.05, 0.1) is 26.5 Å². The highest BCUT2D eigenvalue weighted by molar-refractivity contribution is 7.99. The van der Waals surface area contributed by atoms with Crippen molar-refractivity contribution in [1.82, 2.24) is 19.6 Å². The van der Waals surface area contributed by atoms with Crippen molar-refractivity contribution < 1.29 is 14.6 Å². The summed E-state index contributed by atoms with van der Waals surface area (Å²) >= 11 is 1.14. The quantitative estimate of drug-likeness (QED) is 0.616. The number of nitriles is 1. The Hall–Kier alpha value is -3.03. The van der Waals surface area contributed by atoms with E-state index in [9.17, 15) is 9.90 Å². The van der Waals surface area contributed by atoms with E-state index >= 15 is 0 Å². The van der Waals surface area contributed by atoms with Crippen molar-refractivity contribution in [2.24, 2.45) is 0 Å². The summed E-state index contributed by atoms with van der Waals surface area (Å²) in [6, 6.07) is 7.07. The summed E-state index contributed by atoms with van der Waals surface area (Å²) in [5.41, 5.74) is 0.428. The molecule has 0 aliphatic heterocycles. The molecule has 134 valence electrons. The number of hydrogen-bond donors (Lipinski definition) is 2. The normalized spacial score (nSPS) is 11.9. The van der Waals surface area contributed by atoms with Crippen LogP contribution in [0.15, 0.2) is 34.3 Å². The van der Waals surface area contributed by atoms with Crippen molar-refractivity contribution in [3.05, 3.63) is 46.0 Å². The van der Waals surface area contributed by atoms with Gasteiger partial charge in [-0.15, -0.1) is 0 Å². The number of nitrogens with one attached hydrogen (secondary N) is 1. The molecule has 0 radical (unpaired) electrons. The zero-order valence-electron chi connectivity index (χ0n) is 14.0. The van der Waals surface area contributed by atoms with E-state index in [-0.39, 0.29) is 22.1 Å². The average Bonchev–Trinajstić information content (AvgIpc) is 3.09. The first-order valence-corrected chi connectivity index (χ1v) is 8.47. The minimum Gasteiger partial charge on any atom is -0.497 e. The zero-order chi connectivity index (χ0) is 18.7. The molecule has 0 aliphatic rings. The lowest BCUT2D eigenvalue weighted by molar-refractivity contribution is 0.198. The molecule has 0 saturated carbocycles. The topological polar surface area (TPSA) is 126 Å². The molecule has 0 bridgehead atoms. The molecule has 0 saturated heterocycles. The van der Waals surface area contributed by atoms with E-state index in [1.54, 1.807) is 18.2 Å². The number of thioether (sulfide) groups is 1. The molecule has 1 atom stereocenters. The monoisotopic (exact) mass is 373 g/mol. The van der Waals surface area contributed by atoms with Gasteiger partial charge >= 0.3 is 5.69 Å². The Labute approximate surface area is 152 Å². The predicted molar refractivity (Wildman–Crippen MR) is 93.6 cm³/mol. The van der Waals surface area contributed by atoms with Gasteiger partial charge in [-0.2, -0.15) is 14.9 Å². The van der Waals surface area contributed by atoms with E-state index in [0.717, 1.165) is 16.3 Å². The third kappa shape index (κ3) is 3.35. The molecular formula is C16H15N5O4S. The van der Waals surface area contributed by atoms with E-state index in [2.05, 4.69) is 15.1 Å². The number of ether oxygens (including phenoxy) is 2. The van der Waals surface area contributed by atoms with Crippen molar-refractivity contribution in [2.45, 2.75) is 11.3 Å². The van der Waals surface area contributed by atoms with E-state index < -0.39 is 11.8 Å². The van der Waals surface area contributed by atoms with Crippen molar-refractivity contribution in [2.75, 3.05) is 20.0 Å². The van der Waals surface area contributed by atoms with Gasteiger partial charge in [-0.1, -0.05) is 11.8 Å². The molecule has 10 heteroatoms. The first-order valence-electron chi connectivity index (χ1n) is 7.48. The maximum absolute atomic E-state index is 12.0. The number of fused-ring (bicyclic) bond motifs is 1. The van der Waals surface area contributed by atoms with Crippen molar-refractivity contribution in [3.8, 4) is 17.6 Å². The maximum Gasteiger partial charge on any atom is 0.350 e. The van der Waals surface area contributed by atoms with Crippen molar-refractivity contribution >= 4 is 17.4 Å². The summed E-state index contributed by atoms with van der Waals surface area (Å²) in [6.07, 6.45) is 0.397. The van der Waals surface area contributed by atoms with Gasteiger partial charge in [-0.3, -0.25) is 4.98 Å². The predicted octanol–water partition coefficient (Wildman–Crippen LogP) is 1.13. The molecular weight excluding hydrogens is 358 g/mol. The number of hydrogen-bond acceptors (Lipinski definition) is 8. The number of rotatable bonds is 6. The summed E-state index contributed by atoms with van der Waals surface area (Å²) in [5, 5.41) is 23.7. The van der Waals surface area contributed by atoms with Crippen LogP contribution in [0.25, 0.3) is 5.65 Å². The lowest BCUT2D eigenvalue weighted by Crippen LogP contribution is -2.19. The van der Waals surface area contributed by atoms with Crippen LogP contribution in [-0.4, -0.2) is 44.7 Å². The van der Waals surface area contributed by atoms with Crippen LogP contribution < -0.4 is 15.2 Å². The van der Waals surface area contributed by atoms with Gasteiger partial charge in [0.25, 0.3) is 0 Å². The molecule has 0 fully saturated rings. The smallest absolute Gasteiger partial charge is 0.350 e. The second-order valence-electron chi connectivity index (χ2n) is 5.19. The number of methoxy groups -OCH3 is 2. The first-order chi connectivity index (χ1) is 12.6. The minimum atomic E-state index is -0.882. The van der Waals surface area contributed by atoms with Crippen molar-refractivity contribution in [1.29, 1.82) is 5.26 Å². The van der Waals surface area contributed by atoms with E-state index in [4.69, 9.17) is 14.7 Å². The molecule has 9 nitrogen and oxygen atoms in total. The number of aromatic nitrogens is 4. The number of aliphatic hydroxyl groups is 1. The molecule has 2 aromatic heterocycles. The summed E-state index contributed by atoms with van der Waals surface area (Å²) in [7, 11) is 3.05. The Morgan fingerprint density at radius 1 is 1.42 bits per heavy atom. The standard InChI is InChI=1S/C16H15N5O4S/c1-24-10-3-4-13(25-2)11(5-10)12(22)8-26-15-19-14-9(6-17)7-18-21(14)16(23)20-15/h3-5,7,12,22H,8H2,1-2H3,(H,19,20,23). The Morgan fingerprint density at radius 2 is 2.23 bits per heavy atom. The van der Waals surface area contributed by atoms with Gasteiger partial charge in [0, 0.05) is 11.3 Å². The first kappa shape index (κ1) is 17.8. The number of H-pyrrole nitrogens is 1. The Kier molecular flexibility index (Phi) is 5.11. The fraction of sp³-hybridized carbons (Fsp3) is 0.250. The van der Waals surface area contributed by atoms with Crippen LogP contribution in [0.3, 0.4) is 0 Å². The van der Waals surface area contributed by atoms with Gasteiger partial charge in [0.2, 0.25) is 0 Å². The SMILES string of the molecule is COc1ccc(OC)c(C(O)CSc2nc3c(C#N)cnn3c(=O)[nH]2)c1. The highest BCUT2D eigenvalue weighted by Crippen LogP contribution is 2.32. The average molecular weight is 373 g/mol. The molecule has 2 N–H and O–H groups in total. The minimum absolute atomic E-state index is 0.173. The lowest BCUT2D eigenvalue weighted by atomic mass is 10.1. The van der Waals surface area contributed by atoms with Crippen LogP contribution in [0.4, 0.5) is 0 Å². The van der Waals surface area contributed by atoms with Gasteiger partial charge < -0.3 is 14.6 Å². The molecule has 0 amide bonds. The Balaban J connectivity index is 1.84. The molecule has 0 aliphatic carbocycles. The van der Waals surface area contributed by atoms with E-state index in [0.29, 0.717) is 17.1 Å². The highest BCUT2D eigenvalue weighted by atomic mass is 32.2. The maximum atomic E-state index is 12.0. The van der Waals surface area contributed by atoms with Gasteiger partial charge in [0.15, 0.2) is 10.8 Å². The number of benzene rings is 1. The molecule has 3 rings (SSSR count). The summed E-state index contributed by atoms with van der Waals surface area (Å²) < 4.78 is 11.5. The van der Waals surface area contributed by atoms with E-state index in [1.807, 2.05) is 6.07 Å². The van der Waals surface area contributed by atoms with Crippen LogP contribution in [0.5, 0.6) is 11.5 Å². The zero-order valence-corrected chi connectivity index (χ0v) is 14.8. The second kappa shape index (κ2) is 7.47. The molecule has 0 spiro atoms. The number of aliphatic hydroxyl groups excluding tert-OH is 1. The van der Waals surface area contributed by atoms with Crippen LogP contribution >= 0.6 is 11.8 Å². The van der Waals surface area contributed by atoms with Crippen molar-refractivity contribution in [3.63, 3.8) is 0 Å². The molecule has 1 aromatic carbocycles. The number of aromatic amines is 1. The fourth-order valence-electron chi connectivity index (χ4n) is 2.36.